The number of carbonyl (C=O) groups is 2. The lowest BCUT2D eigenvalue weighted by atomic mass is 9.76. The molecule has 3 nitrogen and oxygen atoms in total. The number of fused-ring (bicyclic) bond motifs is 1. The smallest absolute Gasteiger partial charge is 0.237 e. The molecule has 1 aromatic carbocycles. The third kappa shape index (κ3) is 1.97. The fourth-order valence-corrected chi connectivity index (χ4v) is 3.41. The number of hydrogen-bond donors (Lipinski definition) is 0. The predicted octanol–water partition coefficient (Wildman–Crippen LogP) is 2.92. The largest absolute Gasteiger partial charge is 0.274 e. The molecule has 2 amide bonds. The van der Waals surface area contributed by atoms with Gasteiger partial charge in [-0.1, -0.05) is 19.1 Å². The van der Waals surface area contributed by atoms with Crippen molar-refractivity contribution in [3.05, 3.63) is 29.8 Å². The van der Waals surface area contributed by atoms with Gasteiger partial charge in [0.05, 0.1) is 17.5 Å². The molecule has 1 aliphatic heterocycles. The Kier molecular flexibility index (Phi) is 2.92. The number of nitrogens with zero attached hydrogens (tertiary/aromatic N) is 1. The van der Waals surface area contributed by atoms with Gasteiger partial charge in [0, 0.05) is 0 Å². The Labute approximate surface area is 113 Å². The SMILES string of the molecule is Cc1cccc(N2C(=O)[C@H]3CC[C@@H](C)C[C@@H]3C2=O)c1. The first-order valence-corrected chi connectivity index (χ1v) is 7.02. The Morgan fingerprint density at radius 2 is 1.84 bits per heavy atom. The van der Waals surface area contributed by atoms with Crippen LogP contribution in [-0.4, -0.2) is 11.8 Å². The highest BCUT2D eigenvalue weighted by Gasteiger charge is 2.49. The molecular weight excluding hydrogens is 238 g/mol. The molecular formula is C16H19NO2. The monoisotopic (exact) mass is 257 g/mol. The normalized spacial score (nSPS) is 30.6. The topological polar surface area (TPSA) is 37.4 Å². The number of hydrogen-bond acceptors (Lipinski definition) is 2. The van der Waals surface area contributed by atoms with Gasteiger partial charge < -0.3 is 0 Å². The zero-order valence-corrected chi connectivity index (χ0v) is 11.4. The Morgan fingerprint density at radius 3 is 2.58 bits per heavy atom. The maximum Gasteiger partial charge on any atom is 0.237 e. The van der Waals surface area contributed by atoms with Gasteiger partial charge in [-0.15, -0.1) is 0 Å². The summed E-state index contributed by atoms with van der Waals surface area (Å²) in [5.74, 6) is 0.399. The molecule has 1 heterocycles. The van der Waals surface area contributed by atoms with E-state index in [-0.39, 0.29) is 23.7 Å². The van der Waals surface area contributed by atoms with Crippen LogP contribution in [0.25, 0.3) is 0 Å². The van der Waals surface area contributed by atoms with Crippen LogP contribution in [-0.2, 0) is 9.59 Å². The lowest BCUT2D eigenvalue weighted by Crippen LogP contribution is -2.30. The molecule has 0 spiro atoms. The van der Waals surface area contributed by atoms with Crippen molar-refractivity contribution >= 4 is 17.5 Å². The van der Waals surface area contributed by atoms with Crippen LogP contribution >= 0.6 is 0 Å². The van der Waals surface area contributed by atoms with E-state index in [4.69, 9.17) is 0 Å². The first-order chi connectivity index (χ1) is 9.08. The van der Waals surface area contributed by atoms with E-state index < -0.39 is 0 Å². The number of rotatable bonds is 1. The molecule has 0 aromatic heterocycles. The zero-order valence-electron chi connectivity index (χ0n) is 11.4. The molecule has 1 saturated heterocycles. The Morgan fingerprint density at radius 1 is 1.11 bits per heavy atom. The fourth-order valence-electron chi connectivity index (χ4n) is 3.41. The van der Waals surface area contributed by atoms with Crippen LogP contribution in [0, 0.1) is 24.7 Å². The van der Waals surface area contributed by atoms with E-state index in [1.54, 1.807) is 0 Å². The lowest BCUT2D eigenvalue weighted by Gasteiger charge is -2.25. The highest BCUT2D eigenvalue weighted by molar-refractivity contribution is 6.22. The molecule has 1 aliphatic carbocycles. The van der Waals surface area contributed by atoms with E-state index in [0.717, 1.165) is 30.5 Å². The summed E-state index contributed by atoms with van der Waals surface area (Å²) in [6.07, 6.45) is 2.78. The van der Waals surface area contributed by atoms with Gasteiger partial charge in [0.2, 0.25) is 11.8 Å². The van der Waals surface area contributed by atoms with Crippen LogP contribution in [0.4, 0.5) is 5.69 Å². The average molecular weight is 257 g/mol. The fraction of sp³-hybridized carbons (Fsp3) is 0.500. The maximum atomic E-state index is 12.5. The van der Waals surface area contributed by atoms with E-state index in [0.29, 0.717) is 5.92 Å². The minimum Gasteiger partial charge on any atom is -0.274 e. The van der Waals surface area contributed by atoms with Gasteiger partial charge in [0.1, 0.15) is 0 Å². The molecule has 0 unspecified atom stereocenters. The first-order valence-electron chi connectivity index (χ1n) is 7.02. The molecule has 3 atom stereocenters. The van der Waals surface area contributed by atoms with Gasteiger partial charge in [0.15, 0.2) is 0 Å². The summed E-state index contributed by atoms with van der Waals surface area (Å²) in [6, 6.07) is 7.64. The molecule has 2 fully saturated rings. The Hall–Kier alpha value is -1.64. The maximum absolute atomic E-state index is 12.5. The number of benzene rings is 1. The Balaban J connectivity index is 1.95. The van der Waals surface area contributed by atoms with E-state index in [2.05, 4.69) is 6.92 Å². The van der Waals surface area contributed by atoms with Gasteiger partial charge in [-0.05, 0) is 49.8 Å². The quantitative estimate of drug-likeness (QED) is 0.725. The van der Waals surface area contributed by atoms with Gasteiger partial charge >= 0.3 is 0 Å². The van der Waals surface area contributed by atoms with Crippen LogP contribution in [0.3, 0.4) is 0 Å². The summed E-state index contributed by atoms with van der Waals surface area (Å²) in [4.78, 5) is 26.4. The summed E-state index contributed by atoms with van der Waals surface area (Å²) in [7, 11) is 0. The molecule has 2 aliphatic rings. The standard InChI is InChI=1S/C16H19NO2/c1-10-4-3-5-12(8-10)17-15(18)13-7-6-11(2)9-14(13)16(17)19/h3-5,8,11,13-14H,6-7,9H2,1-2H3/t11-,13+,14+/m1/s1. The summed E-state index contributed by atoms with van der Waals surface area (Å²) in [6.45, 7) is 4.15. The third-order valence-corrected chi connectivity index (χ3v) is 4.45. The van der Waals surface area contributed by atoms with E-state index >= 15 is 0 Å². The van der Waals surface area contributed by atoms with E-state index in [1.807, 2.05) is 31.2 Å². The molecule has 3 heteroatoms. The molecule has 19 heavy (non-hydrogen) atoms. The summed E-state index contributed by atoms with van der Waals surface area (Å²) in [5.41, 5.74) is 1.80. The molecule has 0 radical (unpaired) electrons. The van der Waals surface area contributed by atoms with Gasteiger partial charge in [-0.3, -0.25) is 14.5 Å². The highest BCUT2D eigenvalue weighted by atomic mass is 16.2. The number of amides is 2. The summed E-state index contributed by atoms with van der Waals surface area (Å²) >= 11 is 0. The van der Waals surface area contributed by atoms with Crippen molar-refractivity contribution in [3.63, 3.8) is 0 Å². The second-order valence-electron chi connectivity index (χ2n) is 5.98. The Bertz CT molecular complexity index is 537. The lowest BCUT2D eigenvalue weighted by molar-refractivity contribution is -0.122. The van der Waals surface area contributed by atoms with Crippen molar-refractivity contribution in [2.75, 3.05) is 4.90 Å². The van der Waals surface area contributed by atoms with Crippen LogP contribution in [0.2, 0.25) is 0 Å². The molecule has 0 N–H and O–H groups in total. The number of imide groups is 1. The van der Waals surface area contributed by atoms with E-state index in [1.165, 1.54) is 4.90 Å². The molecule has 0 bridgehead atoms. The van der Waals surface area contributed by atoms with E-state index in [9.17, 15) is 9.59 Å². The minimum absolute atomic E-state index is 0.00662. The predicted molar refractivity (Wildman–Crippen MR) is 73.7 cm³/mol. The number of aryl methyl sites for hydroxylation is 1. The van der Waals surface area contributed by atoms with Gasteiger partial charge in [-0.2, -0.15) is 0 Å². The number of anilines is 1. The molecule has 1 aromatic rings. The first kappa shape index (κ1) is 12.4. The molecule has 3 rings (SSSR count). The van der Waals surface area contributed by atoms with Crippen LogP contribution in [0.5, 0.6) is 0 Å². The van der Waals surface area contributed by atoms with Crippen LogP contribution in [0.1, 0.15) is 31.7 Å². The minimum atomic E-state index is -0.0863. The van der Waals surface area contributed by atoms with Crippen molar-refractivity contribution in [1.82, 2.24) is 0 Å². The van der Waals surface area contributed by atoms with Crippen LogP contribution < -0.4 is 4.90 Å². The zero-order chi connectivity index (χ0) is 13.6. The van der Waals surface area contributed by atoms with Gasteiger partial charge in [0.25, 0.3) is 0 Å². The van der Waals surface area contributed by atoms with Crippen molar-refractivity contribution in [3.8, 4) is 0 Å². The second-order valence-corrected chi connectivity index (χ2v) is 5.98. The van der Waals surface area contributed by atoms with Crippen LogP contribution in [0.15, 0.2) is 24.3 Å². The molecule has 1 saturated carbocycles. The third-order valence-electron chi connectivity index (χ3n) is 4.45. The molecule has 100 valence electrons. The summed E-state index contributed by atoms with van der Waals surface area (Å²) < 4.78 is 0. The second kappa shape index (κ2) is 4.48. The average Bonchev–Trinajstić information content (AvgIpc) is 2.61. The van der Waals surface area contributed by atoms with Crippen molar-refractivity contribution in [1.29, 1.82) is 0 Å². The van der Waals surface area contributed by atoms with Crippen molar-refractivity contribution < 1.29 is 9.59 Å². The number of carbonyl (C=O) groups excluding carboxylic acids is 2. The highest BCUT2D eigenvalue weighted by Crippen LogP contribution is 2.42. The van der Waals surface area contributed by atoms with Gasteiger partial charge in [-0.25, -0.2) is 0 Å². The summed E-state index contributed by atoms with van der Waals surface area (Å²) in [5, 5.41) is 0. The van der Waals surface area contributed by atoms with Crippen molar-refractivity contribution in [2.24, 2.45) is 17.8 Å². The van der Waals surface area contributed by atoms with Crippen molar-refractivity contribution in [2.45, 2.75) is 33.1 Å².